The van der Waals surface area contributed by atoms with Crippen molar-refractivity contribution in [2.75, 3.05) is 33.5 Å². The zero-order chi connectivity index (χ0) is 60.7. The molecule has 0 spiro atoms. The summed E-state index contributed by atoms with van der Waals surface area (Å²) in [6, 6.07) is 7.63. The van der Waals surface area contributed by atoms with Crippen LogP contribution in [0.5, 0.6) is 5.75 Å². The quantitative estimate of drug-likeness (QED) is 0.0577. The highest BCUT2D eigenvalue weighted by Crippen LogP contribution is 2.36. The van der Waals surface area contributed by atoms with Crippen molar-refractivity contribution in [1.29, 1.82) is 0 Å². The zero-order valence-corrected chi connectivity index (χ0v) is 49.5. The van der Waals surface area contributed by atoms with E-state index in [1.54, 1.807) is 40.7 Å². The molecule has 6 heterocycles. The second kappa shape index (κ2) is 26.8. The number of aromatic nitrogens is 10. The topological polar surface area (TPSA) is 283 Å². The van der Waals surface area contributed by atoms with Crippen LogP contribution < -0.4 is 22.5 Å². The van der Waals surface area contributed by atoms with E-state index in [0.717, 1.165) is 45.3 Å². The van der Waals surface area contributed by atoms with E-state index in [0.29, 0.717) is 31.5 Å². The number of fused-ring (bicyclic) bond motifs is 2. The first-order valence-electron chi connectivity index (χ1n) is 26.3. The van der Waals surface area contributed by atoms with Gasteiger partial charge in [0.15, 0.2) is 11.6 Å². The summed E-state index contributed by atoms with van der Waals surface area (Å²) in [6.07, 6.45) is 4.40. The lowest BCUT2D eigenvalue weighted by Crippen LogP contribution is -2.53. The normalized spacial score (nSPS) is 12.7. The molecule has 0 radical (unpaired) electrons. The Bertz CT molecular complexity index is 3560. The third-order valence-electron chi connectivity index (χ3n) is 13.7. The number of carbonyl (C=O) groups excluding carboxylic acids is 2. The Hall–Kier alpha value is -7.20. The van der Waals surface area contributed by atoms with E-state index in [-0.39, 0.29) is 103 Å². The van der Waals surface area contributed by atoms with Gasteiger partial charge in [-0.05, 0) is 102 Å². The first kappa shape index (κ1) is 64.0. The van der Waals surface area contributed by atoms with Crippen LogP contribution in [0.15, 0.2) is 80.4 Å². The Balaban J connectivity index is 0.000000256. The van der Waals surface area contributed by atoms with Gasteiger partial charge in [0, 0.05) is 36.6 Å². The van der Waals surface area contributed by atoms with Crippen molar-refractivity contribution in [1.82, 2.24) is 48.3 Å². The van der Waals surface area contributed by atoms with E-state index in [1.165, 1.54) is 86.9 Å². The van der Waals surface area contributed by atoms with E-state index < -0.39 is 57.4 Å². The Morgan fingerprint density at radius 1 is 0.610 bits per heavy atom. The Kier molecular flexibility index (Phi) is 20.9. The summed E-state index contributed by atoms with van der Waals surface area (Å²) < 4.78 is 44.9. The molecule has 0 aliphatic rings. The molecule has 0 saturated heterocycles. The van der Waals surface area contributed by atoms with E-state index in [1.807, 2.05) is 27.7 Å². The zero-order valence-electron chi connectivity index (χ0n) is 47.8. The van der Waals surface area contributed by atoms with Crippen molar-refractivity contribution in [3.05, 3.63) is 142 Å². The first-order valence-corrected chi connectivity index (χ1v) is 27.9. The van der Waals surface area contributed by atoms with E-state index in [2.05, 4.69) is 20.4 Å². The van der Waals surface area contributed by atoms with Gasteiger partial charge in [-0.3, -0.25) is 28.3 Å². The molecule has 6 aromatic heterocycles. The van der Waals surface area contributed by atoms with Gasteiger partial charge in [-0.25, -0.2) is 27.5 Å². The maximum Gasteiger partial charge on any atom is 0.333 e. The SMILES string of the molecule is CO.Cc1c(-n2nccn2)sc2c1c(=O)n(C(C)(C)C(=O)CC(C)C)c(=O)n2C[C@H](OCCO)c1cc(F)ccc1O.Cc1ccc(F)cc1[C@H](Cn1c(=O)n(C(C)(C)C(=O)CC(C)C)c(=O)c2c(C)c(-n3nccn3)sc21)OCCO. The standard InChI is InChI=1S/C28H34FN5O5S.C27H32FN5O6S.CH4O/c1-16(2)13-22(36)28(5,6)33-24(37)23-18(4)25(34-30-9-10-31-34)40-26(23)32(27(33)38)15-21(39-12-11-35)20-14-19(29)8-7-17(20)3;1-15(2)12-21(36)27(4,5)32-23(37)22-16(3)24(33-29-8-9-30-33)40-25(22)31(26(32)38)14-20(39-11-10-34)18-13-17(28)6-7-19(18)35;1-2/h7-10,14,16,21,35H,11-13,15H2,1-6H3;6-9,13,15,20,34-35H,10-12,14H2,1-5H3;2H,1H3/t21-;20-;/m00./s1. The number of ketones is 2. The fraction of sp³-hybridized carbons (Fsp3) is 0.464. The number of thiophene rings is 2. The molecular formula is C56H70F2N10O12S2. The fourth-order valence-electron chi connectivity index (χ4n) is 9.44. The lowest BCUT2D eigenvalue weighted by Gasteiger charge is -2.28. The maximum atomic E-state index is 14.3. The van der Waals surface area contributed by atoms with E-state index in [9.17, 15) is 52.9 Å². The van der Waals surface area contributed by atoms with Gasteiger partial charge >= 0.3 is 11.4 Å². The van der Waals surface area contributed by atoms with Gasteiger partial charge in [-0.1, -0.05) is 56.4 Å². The average molecular weight is 1180 g/mol. The van der Waals surface area contributed by atoms with Crippen LogP contribution in [0.1, 0.15) is 108 Å². The summed E-state index contributed by atoms with van der Waals surface area (Å²) in [5.74, 6) is -1.87. The number of aryl methyl sites for hydroxylation is 3. The van der Waals surface area contributed by atoms with Crippen LogP contribution in [0.2, 0.25) is 0 Å². The van der Waals surface area contributed by atoms with Crippen LogP contribution >= 0.6 is 22.7 Å². The number of halogens is 2. The summed E-state index contributed by atoms with van der Waals surface area (Å²) in [4.78, 5) is 86.3. The molecule has 26 heteroatoms. The second-order valence-corrected chi connectivity index (χ2v) is 23.1. The molecule has 0 bridgehead atoms. The van der Waals surface area contributed by atoms with Gasteiger partial charge in [0.05, 0.1) is 75.1 Å². The van der Waals surface area contributed by atoms with Gasteiger partial charge in [0.2, 0.25) is 0 Å². The predicted molar refractivity (Wildman–Crippen MR) is 306 cm³/mol. The number of rotatable bonds is 22. The molecule has 0 aliphatic carbocycles. The molecule has 8 rings (SSSR count). The summed E-state index contributed by atoms with van der Waals surface area (Å²) >= 11 is 2.27. The van der Waals surface area contributed by atoms with Crippen molar-refractivity contribution in [2.24, 2.45) is 11.8 Å². The summed E-state index contributed by atoms with van der Waals surface area (Å²) in [5.41, 5.74) is -3.24. The molecular weight excluding hydrogens is 1110 g/mol. The Labute approximate surface area is 478 Å². The molecule has 0 aliphatic heterocycles. The number of phenolic OH excluding ortho intramolecular Hbond substituents is 1. The molecule has 8 aromatic rings. The highest BCUT2D eigenvalue weighted by Gasteiger charge is 2.38. The number of benzene rings is 2. The fourth-order valence-corrected chi connectivity index (χ4v) is 11.9. The number of hydrogen-bond acceptors (Lipinski definition) is 18. The largest absolute Gasteiger partial charge is 0.508 e. The minimum Gasteiger partial charge on any atom is -0.508 e. The van der Waals surface area contributed by atoms with Crippen LogP contribution in [0.3, 0.4) is 0 Å². The molecule has 0 fully saturated rings. The average Bonchev–Trinajstić information content (AvgIpc) is 4.34. The summed E-state index contributed by atoms with van der Waals surface area (Å²) in [7, 11) is 1.00. The van der Waals surface area contributed by atoms with Gasteiger partial charge in [0.1, 0.15) is 60.3 Å². The summed E-state index contributed by atoms with van der Waals surface area (Å²) in [5, 5.41) is 54.6. The van der Waals surface area contributed by atoms with Gasteiger partial charge < -0.3 is 29.9 Å². The van der Waals surface area contributed by atoms with Gasteiger partial charge in [-0.15, -0.1) is 9.59 Å². The van der Waals surface area contributed by atoms with Crippen LogP contribution in [0.25, 0.3) is 30.4 Å². The lowest BCUT2D eigenvalue weighted by atomic mass is 9.91. The monoisotopic (exact) mass is 1180 g/mol. The van der Waals surface area contributed by atoms with Crippen molar-refractivity contribution < 1.29 is 48.3 Å². The number of hydrogen-bond donors (Lipinski definition) is 4. The molecule has 22 nitrogen and oxygen atoms in total. The minimum absolute atomic E-state index is 0.000948. The van der Waals surface area contributed by atoms with E-state index >= 15 is 0 Å². The van der Waals surface area contributed by atoms with Crippen molar-refractivity contribution in [3.8, 4) is 15.8 Å². The predicted octanol–water partition coefficient (Wildman–Crippen LogP) is 6.33. The highest BCUT2D eigenvalue weighted by molar-refractivity contribution is 7.21. The van der Waals surface area contributed by atoms with Crippen LogP contribution in [0, 0.1) is 44.2 Å². The summed E-state index contributed by atoms with van der Waals surface area (Å²) in [6.45, 7) is 17.8. The number of phenols is 1. The maximum absolute atomic E-state index is 14.3. The van der Waals surface area contributed by atoms with Crippen LogP contribution in [-0.4, -0.2) is 114 Å². The van der Waals surface area contributed by atoms with Gasteiger partial charge in [-0.2, -0.15) is 20.4 Å². The number of aromatic hydroxyl groups is 1. The van der Waals surface area contributed by atoms with Crippen molar-refractivity contribution >= 4 is 54.7 Å². The highest BCUT2D eigenvalue weighted by atomic mass is 32.1. The second-order valence-electron chi connectivity index (χ2n) is 21.2. The number of ether oxygens (including phenoxy) is 2. The third kappa shape index (κ3) is 13.2. The molecule has 0 unspecified atom stereocenters. The number of aliphatic hydroxyl groups is 3. The van der Waals surface area contributed by atoms with Gasteiger partial charge in [0.25, 0.3) is 11.1 Å². The van der Waals surface area contributed by atoms with Crippen LogP contribution in [0.4, 0.5) is 8.78 Å². The number of nitrogens with zero attached hydrogens (tertiary/aromatic N) is 10. The lowest BCUT2D eigenvalue weighted by molar-refractivity contribution is -0.127. The van der Waals surface area contributed by atoms with Crippen LogP contribution in [-0.2, 0) is 43.2 Å². The number of aliphatic hydroxyl groups excluding tert-OH is 3. The first-order chi connectivity index (χ1) is 38.8. The molecule has 442 valence electrons. The van der Waals surface area contributed by atoms with Crippen molar-refractivity contribution in [2.45, 2.75) is 125 Å². The third-order valence-corrected chi connectivity index (χ3v) is 16.2. The molecule has 4 N–H and O–H groups in total. The van der Waals surface area contributed by atoms with E-state index in [4.69, 9.17) is 14.6 Å². The molecule has 0 amide bonds. The Morgan fingerprint density at radius 3 is 1.35 bits per heavy atom. The minimum atomic E-state index is -1.49. The molecule has 2 aromatic carbocycles. The smallest absolute Gasteiger partial charge is 0.333 e. The number of carbonyl (C=O) groups is 2. The Morgan fingerprint density at radius 2 is 0.976 bits per heavy atom. The molecule has 2 atom stereocenters. The molecule has 82 heavy (non-hydrogen) atoms. The number of Topliss-reactive ketones (excluding diaryl/α,β-unsaturated/α-hetero) is 2. The molecule has 0 saturated carbocycles. The van der Waals surface area contributed by atoms with Crippen molar-refractivity contribution in [3.63, 3.8) is 0 Å².